The highest BCUT2D eigenvalue weighted by Gasteiger charge is 2.12. The van der Waals surface area contributed by atoms with Gasteiger partial charge in [-0.2, -0.15) is 0 Å². The maximum atomic E-state index is 10.6. The van der Waals surface area contributed by atoms with Gasteiger partial charge in [0, 0.05) is 11.6 Å². The molecule has 0 N–H and O–H groups in total. The summed E-state index contributed by atoms with van der Waals surface area (Å²) < 4.78 is 0. The van der Waals surface area contributed by atoms with Gasteiger partial charge >= 0.3 is 0 Å². The summed E-state index contributed by atoms with van der Waals surface area (Å²) in [7, 11) is 0. The molecule has 0 aromatic heterocycles. The normalized spacial score (nSPS) is 10.4. The highest BCUT2D eigenvalue weighted by molar-refractivity contribution is 5.39. The van der Waals surface area contributed by atoms with Crippen LogP contribution in [0.15, 0.2) is 24.3 Å². The van der Waals surface area contributed by atoms with Crippen molar-refractivity contribution in [3.63, 3.8) is 0 Å². The van der Waals surface area contributed by atoms with E-state index in [0.717, 1.165) is 5.56 Å². The van der Waals surface area contributed by atoms with Crippen LogP contribution in [-0.4, -0.2) is 4.92 Å². The first-order chi connectivity index (χ1) is 6.11. The Morgan fingerprint density at radius 2 is 2.15 bits per heavy atom. The number of para-hydroxylation sites is 1. The molecule has 1 atom stereocenters. The maximum Gasteiger partial charge on any atom is 0.272 e. The Hall–Kier alpha value is -1.38. The Kier molecular flexibility index (Phi) is 3.01. The van der Waals surface area contributed by atoms with Gasteiger partial charge in [0.25, 0.3) is 5.69 Å². The molecule has 0 aliphatic rings. The summed E-state index contributed by atoms with van der Waals surface area (Å²) in [6.45, 7) is 5.75. The lowest BCUT2D eigenvalue weighted by atomic mass is 10.0. The van der Waals surface area contributed by atoms with E-state index in [1.807, 2.05) is 13.0 Å². The fourth-order valence-electron chi connectivity index (χ4n) is 1.24. The summed E-state index contributed by atoms with van der Waals surface area (Å²) >= 11 is 0. The van der Waals surface area contributed by atoms with Crippen LogP contribution in [0.2, 0.25) is 0 Å². The van der Waals surface area contributed by atoms with Crippen LogP contribution in [0, 0.1) is 23.0 Å². The molecular weight excluding hydrogens is 166 g/mol. The van der Waals surface area contributed by atoms with E-state index in [9.17, 15) is 10.1 Å². The summed E-state index contributed by atoms with van der Waals surface area (Å²) in [5.41, 5.74) is 0.952. The highest BCUT2D eigenvalue weighted by Crippen LogP contribution is 2.20. The van der Waals surface area contributed by atoms with Crippen LogP contribution >= 0.6 is 0 Å². The topological polar surface area (TPSA) is 43.1 Å². The molecule has 0 aliphatic carbocycles. The highest BCUT2D eigenvalue weighted by atomic mass is 16.6. The van der Waals surface area contributed by atoms with E-state index in [4.69, 9.17) is 0 Å². The minimum Gasteiger partial charge on any atom is -0.258 e. The van der Waals surface area contributed by atoms with E-state index in [1.165, 1.54) is 6.07 Å². The molecule has 0 unspecified atom stereocenters. The standard InChI is InChI=1S/C10H12NO2/c1-8(2)7-9-5-3-4-6-10(9)11(12)13/h3-6,8H,1,7H2,2H3/t8-/m0/s1. The lowest BCUT2D eigenvalue weighted by Gasteiger charge is -2.04. The average molecular weight is 178 g/mol. The van der Waals surface area contributed by atoms with Gasteiger partial charge in [0.05, 0.1) is 4.92 Å². The summed E-state index contributed by atoms with van der Waals surface area (Å²) in [4.78, 5) is 10.2. The number of benzene rings is 1. The zero-order valence-corrected chi connectivity index (χ0v) is 7.56. The van der Waals surface area contributed by atoms with Crippen LogP contribution in [0.25, 0.3) is 0 Å². The van der Waals surface area contributed by atoms with Gasteiger partial charge in [-0.05, 0) is 12.3 Å². The van der Waals surface area contributed by atoms with Gasteiger partial charge < -0.3 is 0 Å². The zero-order valence-electron chi connectivity index (χ0n) is 7.56. The number of nitrogens with zero attached hydrogens (tertiary/aromatic N) is 1. The molecule has 1 rings (SSSR count). The largest absolute Gasteiger partial charge is 0.272 e. The fourth-order valence-corrected chi connectivity index (χ4v) is 1.24. The summed E-state index contributed by atoms with van der Waals surface area (Å²) in [5, 5.41) is 10.6. The molecule has 0 bridgehead atoms. The Labute approximate surface area is 77.5 Å². The van der Waals surface area contributed by atoms with Gasteiger partial charge in [-0.1, -0.05) is 32.0 Å². The third-order valence-corrected chi connectivity index (χ3v) is 1.76. The SMILES string of the molecule is [CH2][C@@H](C)Cc1ccccc1[N+](=O)[O-]. The molecule has 0 fully saturated rings. The van der Waals surface area contributed by atoms with Crippen molar-refractivity contribution in [3.8, 4) is 0 Å². The van der Waals surface area contributed by atoms with Crippen LogP contribution in [0.5, 0.6) is 0 Å². The van der Waals surface area contributed by atoms with Gasteiger partial charge in [0.2, 0.25) is 0 Å². The minimum atomic E-state index is -0.349. The third kappa shape index (κ3) is 2.54. The van der Waals surface area contributed by atoms with Crippen molar-refractivity contribution >= 4 is 5.69 Å². The van der Waals surface area contributed by atoms with Crippen LogP contribution < -0.4 is 0 Å². The lowest BCUT2D eigenvalue weighted by molar-refractivity contribution is -0.385. The monoisotopic (exact) mass is 178 g/mol. The molecule has 1 aromatic rings. The van der Waals surface area contributed by atoms with E-state index < -0.39 is 0 Å². The van der Waals surface area contributed by atoms with Crippen LogP contribution in [-0.2, 0) is 6.42 Å². The van der Waals surface area contributed by atoms with Crippen LogP contribution in [0.3, 0.4) is 0 Å². The van der Waals surface area contributed by atoms with E-state index >= 15 is 0 Å². The molecule has 0 saturated carbocycles. The average Bonchev–Trinajstić information content (AvgIpc) is 2.03. The Morgan fingerprint density at radius 3 is 2.69 bits per heavy atom. The van der Waals surface area contributed by atoms with E-state index in [2.05, 4.69) is 6.92 Å². The van der Waals surface area contributed by atoms with Crippen LogP contribution in [0.4, 0.5) is 5.69 Å². The molecule has 0 amide bonds. The number of nitro benzene ring substituents is 1. The molecule has 69 valence electrons. The molecule has 0 aliphatic heterocycles. The quantitative estimate of drug-likeness (QED) is 0.527. The predicted molar refractivity (Wildman–Crippen MR) is 51.3 cm³/mol. The third-order valence-electron chi connectivity index (χ3n) is 1.76. The molecule has 3 nitrogen and oxygen atoms in total. The van der Waals surface area contributed by atoms with Crippen molar-refractivity contribution in [2.45, 2.75) is 13.3 Å². The second-order valence-electron chi connectivity index (χ2n) is 3.20. The van der Waals surface area contributed by atoms with Gasteiger partial charge in [0.15, 0.2) is 0 Å². The number of hydrogen-bond acceptors (Lipinski definition) is 2. The van der Waals surface area contributed by atoms with Gasteiger partial charge in [-0.25, -0.2) is 0 Å². The Balaban J connectivity index is 2.98. The molecule has 0 saturated heterocycles. The lowest BCUT2D eigenvalue weighted by Crippen LogP contribution is -1.99. The molecule has 13 heavy (non-hydrogen) atoms. The number of hydrogen-bond donors (Lipinski definition) is 0. The fraction of sp³-hybridized carbons (Fsp3) is 0.300. The molecular formula is C10H12NO2. The molecule has 1 radical (unpaired) electrons. The second kappa shape index (κ2) is 4.03. The van der Waals surface area contributed by atoms with E-state index in [0.29, 0.717) is 6.42 Å². The first kappa shape index (κ1) is 9.71. The minimum absolute atomic E-state index is 0.193. The number of nitro groups is 1. The van der Waals surface area contributed by atoms with Crippen molar-refractivity contribution in [2.24, 2.45) is 5.92 Å². The zero-order chi connectivity index (χ0) is 9.84. The van der Waals surface area contributed by atoms with Crippen molar-refractivity contribution in [1.82, 2.24) is 0 Å². The van der Waals surface area contributed by atoms with Gasteiger partial charge in [-0.3, -0.25) is 10.1 Å². The van der Waals surface area contributed by atoms with E-state index in [1.54, 1.807) is 12.1 Å². The van der Waals surface area contributed by atoms with Crippen LogP contribution in [0.1, 0.15) is 12.5 Å². The maximum absolute atomic E-state index is 10.6. The molecule has 0 spiro atoms. The summed E-state index contributed by atoms with van der Waals surface area (Å²) in [5.74, 6) is 0.195. The van der Waals surface area contributed by atoms with Crippen molar-refractivity contribution in [2.75, 3.05) is 0 Å². The van der Waals surface area contributed by atoms with E-state index in [-0.39, 0.29) is 16.5 Å². The van der Waals surface area contributed by atoms with Gasteiger partial charge in [0.1, 0.15) is 0 Å². The molecule has 1 aromatic carbocycles. The first-order valence-corrected chi connectivity index (χ1v) is 4.16. The molecule has 3 heteroatoms. The predicted octanol–water partition coefficient (Wildman–Crippen LogP) is 2.61. The Bertz CT molecular complexity index is 308. The Morgan fingerprint density at radius 1 is 1.54 bits per heavy atom. The molecule has 0 heterocycles. The first-order valence-electron chi connectivity index (χ1n) is 4.16. The van der Waals surface area contributed by atoms with Gasteiger partial charge in [-0.15, -0.1) is 0 Å². The van der Waals surface area contributed by atoms with Crippen molar-refractivity contribution in [3.05, 3.63) is 46.9 Å². The smallest absolute Gasteiger partial charge is 0.258 e. The summed E-state index contributed by atoms with van der Waals surface area (Å²) in [6, 6.07) is 6.79. The van der Waals surface area contributed by atoms with Crippen molar-refractivity contribution < 1.29 is 4.92 Å². The number of rotatable bonds is 3. The van der Waals surface area contributed by atoms with Crippen molar-refractivity contribution in [1.29, 1.82) is 0 Å². The summed E-state index contributed by atoms with van der Waals surface area (Å²) in [6.07, 6.45) is 0.650. The second-order valence-corrected chi connectivity index (χ2v) is 3.20.